The Bertz CT molecular complexity index is 464. The summed E-state index contributed by atoms with van der Waals surface area (Å²) in [4.78, 5) is 1.97. The number of guanidine groups is 1. The van der Waals surface area contributed by atoms with E-state index < -0.39 is 10.0 Å². The topological polar surface area (TPSA) is 111 Å². The van der Waals surface area contributed by atoms with Gasteiger partial charge in [-0.1, -0.05) is 15.9 Å². The number of hydrogen-bond donors (Lipinski definition) is 3. The Kier molecular flexibility index (Phi) is 3.53. The number of nitrogens with two attached hydrogens (primary N) is 2. The molecule has 0 aliphatic carbocycles. The van der Waals surface area contributed by atoms with Crippen LogP contribution < -0.4 is 16.3 Å². The summed E-state index contributed by atoms with van der Waals surface area (Å²) in [7, 11) is -3.69. The Morgan fingerprint density at radius 1 is 1.27 bits per heavy atom. The van der Waals surface area contributed by atoms with Crippen LogP contribution in [0.15, 0.2) is 38.7 Å². The van der Waals surface area contributed by atoms with Crippen molar-refractivity contribution >= 4 is 31.9 Å². The minimum Gasteiger partial charge on any atom is -0.369 e. The number of hydrazone groups is 1. The van der Waals surface area contributed by atoms with E-state index in [0.717, 1.165) is 4.47 Å². The maximum Gasteiger partial charge on any atom is 0.276 e. The van der Waals surface area contributed by atoms with Gasteiger partial charge in [0.05, 0.1) is 4.90 Å². The quantitative estimate of drug-likeness (QED) is 0.411. The second-order valence-electron chi connectivity index (χ2n) is 2.59. The Morgan fingerprint density at radius 3 is 2.27 bits per heavy atom. The van der Waals surface area contributed by atoms with Crippen LogP contribution in [0.3, 0.4) is 0 Å². The smallest absolute Gasteiger partial charge is 0.276 e. The van der Waals surface area contributed by atoms with Gasteiger partial charge in [-0.2, -0.15) is 13.2 Å². The van der Waals surface area contributed by atoms with Gasteiger partial charge in [0.2, 0.25) is 5.96 Å². The molecule has 0 fully saturated rings. The monoisotopic (exact) mass is 292 g/mol. The maximum atomic E-state index is 11.5. The van der Waals surface area contributed by atoms with E-state index in [1.807, 2.05) is 4.83 Å². The lowest BCUT2D eigenvalue weighted by atomic mass is 10.4. The van der Waals surface area contributed by atoms with Gasteiger partial charge < -0.3 is 11.5 Å². The molecule has 0 spiro atoms. The van der Waals surface area contributed by atoms with Crippen molar-refractivity contribution in [3.8, 4) is 0 Å². The molecular weight excluding hydrogens is 284 g/mol. The van der Waals surface area contributed by atoms with Crippen LogP contribution >= 0.6 is 15.9 Å². The first-order chi connectivity index (χ1) is 6.92. The van der Waals surface area contributed by atoms with Crippen molar-refractivity contribution in [3.63, 3.8) is 0 Å². The van der Waals surface area contributed by atoms with Gasteiger partial charge >= 0.3 is 0 Å². The second kappa shape index (κ2) is 4.49. The molecule has 1 rings (SSSR count). The van der Waals surface area contributed by atoms with Crippen LogP contribution in [-0.4, -0.2) is 14.4 Å². The van der Waals surface area contributed by atoms with Crippen LogP contribution in [0.2, 0.25) is 0 Å². The van der Waals surface area contributed by atoms with Gasteiger partial charge in [0.15, 0.2) is 0 Å². The SMILES string of the molecule is NC(N)=NNS(=O)(=O)c1ccc(Br)cc1. The molecule has 0 saturated carbocycles. The number of halogens is 1. The molecule has 15 heavy (non-hydrogen) atoms. The average molecular weight is 293 g/mol. The van der Waals surface area contributed by atoms with Crippen LogP contribution in [0.1, 0.15) is 0 Å². The third-order valence-corrected chi connectivity index (χ3v) is 3.17. The summed E-state index contributed by atoms with van der Waals surface area (Å²) in [5, 5.41) is 3.22. The lowest BCUT2D eigenvalue weighted by molar-refractivity contribution is 0.584. The summed E-state index contributed by atoms with van der Waals surface area (Å²) in [5.74, 6) is -0.351. The molecule has 1 aromatic rings. The highest BCUT2D eigenvalue weighted by Gasteiger charge is 2.12. The molecule has 0 atom stereocenters. The fraction of sp³-hybridized carbons (Fsp3) is 0. The van der Waals surface area contributed by atoms with Crippen LogP contribution in [0.25, 0.3) is 0 Å². The first-order valence-electron chi connectivity index (χ1n) is 3.78. The van der Waals surface area contributed by atoms with Crippen molar-refractivity contribution in [2.24, 2.45) is 16.6 Å². The molecule has 6 nitrogen and oxygen atoms in total. The average Bonchev–Trinajstić information content (AvgIpc) is 2.16. The van der Waals surface area contributed by atoms with Crippen LogP contribution in [0, 0.1) is 0 Å². The molecule has 0 saturated heterocycles. The molecule has 0 unspecified atom stereocenters. The van der Waals surface area contributed by atoms with Crippen molar-refractivity contribution in [2.45, 2.75) is 4.90 Å². The second-order valence-corrected chi connectivity index (χ2v) is 5.16. The standard InChI is InChI=1S/C7H9BrN4O2S/c8-5-1-3-6(4-2-5)15(13,14)12-11-7(9)10/h1-4,12H,(H4,9,10,11). The highest BCUT2D eigenvalue weighted by atomic mass is 79.9. The van der Waals surface area contributed by atoms with Gasteiger partial charge in [-0.25, -0.2) is 0 Å². The van der Waals surface area contributed by atoms with Gasteiger partial charge in [0.1, 0.15) is 0 Å². The van der Waals surface area contributed by atoms with E-state index in [4.69, 9.17) is 11.5 Å². The van der Waals surface area contributed by atoms with Crippen LogP contribution in [-0.2, 0) is 10.0 Å². The fourth-order valence-corrected chi connectivity index (χ4v) is 1.87. The molecule has 0 aliphatic rings. The van der Waals surface area contributed by atoms with Gasteiger partial charge in [-0.05, 0) is 24.3 Å². The molecule has 0 aromatic heterocycles. The summed E-state index contributed by atoms with van der Waals surface area (Å²) in [6.45, 7) is 0. The molecule has 0 bridgehead atoms. The number of nitrogens with zero attached hydrogens (tertiary/aromatic N) is 1. The van der Waals surface area contributed by atoms with Crippen LogP contribution in [0.4, 0.5) is 0 Å². The van der Waals surface area contributed by atoms with E-state index in [0.29, 0.717) is 0 Å². The highest BCUT2D eigenvalue weighted by molar-refractivity contribution is 9.10. The van der Waals surface area contributed by atoms with Crippen molar-refractivity contribution in [2.75, 3.05) is 0 Å². The minimum absolute atomic E-state index is 0.0794. The van der Waals surface area contributed by atoms with Gasteiger partial charge in [-0.15, -0.1) is 5.10 Å². The summed E-state index contributed by atoms with van der Waals surface area (Å²) >= 11 is 3.19. The molecule has 8 heteroatoms. The number of benzene rings is 1. The number of rotatable bonds is 3. The lowest BCUT2D eigenvalue weighted by Crippen LogP contribution is -2.29. The van der Waals surface area contributed by atoms with E-state index in [2.05, 4.69) is 21.0 Å². The zero-order chi connectivity index (χ0) is 11.5. The van der Waals surface area contributed by atoms with Crippen molar-refractivity contribution in [1.29, 1.82) is 0 Å². The number of hydrogen-bond acceptors (Lipinski definition) is 3. The van der Waals surface area contributed by atoms with Crippen LogP contribution in [0.5, 0.6) is 0 Å². The first kappa shape index (κ1) is 11.8. The third-order valence-electron chi connectivity index (χ3n) is 1.42. The van der Waals surface area contributed by atoms with Crippen molar-refractivity contribution in [1.82, 2.24) is 4.83 Å². The Labute approximate surface area is 95.5 Å². The zero-order valence-electron chi connectivity index (χ0n) is 7.51. The lowest BCUT2D eigenvalue weighted by Gasteiger charge is -2.03. The molecular formula is C7H9BrN4O2S. The molecule has 0 amide bonds. The predicted molar refractivity (Wildman–Crippen MR) is 60.3 cm³/mol. The molecule has 1 aromatic carbocycles. The van der Waals surface area contributed by atoms with Crippen molar-refractivity contribution in [3.05, 3.63) is 28.7 Å². The first-order valence-corrected chi connectivity index (χ1v) is 6.05. The van der Waals surface area contributed by atoms with Gasteiger partial charge in [-0.3, -0.25) is 0 Å². The van der Waals surface area contributed by atoms with Gasteiger partial charge in [0, 0.05) is 4.47 Å². The largest absolute Gasteiger partial charge is 0.369 e. The van der Waals surface area contributed by atoms with E-state index >= 15 is 0 Å². The molecule has 0 heterocycles. The van der Waals surface area contributed by atoms with E-state index in [-0.39, 0.29) is 10.9 Å². The molecule has 82 valence electrons. The Hall–Kier alpha value is -1.28. The van der Waals surface area contributed by atoms with Gasteiger partial charge in [0.25, 0.3) is 10.0 Å². The van der Waals surface area contributed by atoms with E-state index in [9.17, 15) is 8.42 Å². The number of sulfonamides is 1. The zero-order valence-corrected chi connectivity index (χ0v) is 9.92. The summed E-state index contributed by atoms with van der Waals surface area (Å²) < 4.78 is 23.8. The predicted octanol–water partition coefficient (Wildman–Crippen LogP) is -0.0842. The Morgan fingerprint density at radius 2 is 1.80 bits per heavy atom. The summed E-state index contributed by atoms with van der Waals surface area (Å²) in [6.07, 6.45) is 0. The minimum atomic E-state index is -3.69. The maximum absolute atomic E-state index is 11.5. The normalized spacial score (nSPS) is 10.7. The molecule has 0 radical (unpaired) electrons. The van der Waals surface area contributed by atoms with E-state index in [1.54, 1.807) is 12.1 Å². The van der Waals surface area contributed by atoms with Crippen molar-refractivity contribution < 1.29 is 8.42 Å². The fourth-order valence-electron chi connectivity index (χ4n) is 0.779. The molecule has 5 N–H and O–H groups in total. The third kappa shape index (κ3) is 3.40. The Balaban J connectivity index is 2.97. The number of nitrogens with one attached hydrogen (secondary N) is 1. The summed E-state index contributed by atoms with van der Waals surface area (Å²) in [6, 6.07) is 6.05. The summed E-state index contributed by atoms with van der Waals surface area (Å²) in [5.41, 5.74) is 9.99. The molecule has 0 aliphatic heterocycles. The van der Waals surface area contributed by atoms with E-state index in [1.165, 1.54) is 12.1 Å². The highest BCUT2D eigenvalue weighted by Crippen LogP contribution is 2.14.